The van der Waals surface area contributed by atoms with Crippen molar-refractivity contribution in [1.82, 2.24) is 9.88 Å². The largest absolute Gasteiger partial charge is 0.490 e. The van der Waals surface area contributed by atoms with E-state index in [1.54, 1.807) is 0 Å². The van der Waals surface area contributed by atoms with E-state index in [2.05, 4.69) is 28.6 Å². The van der Waals surface area contributed by atoms with Crippen molar-refractivity contribution in [2.75, 3.05) is 31.1 Å². The molecule has 1 saturated heterocycles. The van der Waals surface area contributed by atoms with Crippen LogP contribution in [0.4, 0.5) is 19.0 Å². The Labute approximate surface area is 127 Å². The number of ether oxygens (including phenoxy) is 1. The molecule has 2 aliphatic rings. The lowest BCUT2D eigenvalue weighted by atomic mass is 10.1. The molecule has 0 spiro atoms. The average molecular weight is 315 g/mol. The molecule has 0 N–H and O–H groups in total. The molecular formula is C15H20F3N3O. The fraction of sp³-hybridized carbons (Fsp3) is 0.667. The Morgan fingerprint density at radius 3 is 2.77 bits per heavy atom. The molecule has 0 amide bonds. The van der Waals surface area contributed by atoms with Crippen molar-refractivity contribution >= 4 is 5.82 Å². The van der Waals surface area contributed by atoms with Crippen molar-refractivity contribution in [2.45, 2.75) is 38.5 Å². The molecule has 2 aliphatic heterocycles. The quantitative estimate of drug-likeness (QED) is 0.797. The van der Waals surface area contributed by atoms with Gasteiger partial charge in [-0.1, -0.05) is 0 Å². The molecule has 1 aromatic heterocycles. The summed E-state index contributed by atoms with van der Waals surface area (Å²) in [6, 6.07) is 1.77. The van der Waals surface area contributed by atoms with Gasteiger partial charge in [0.05, 0.1) is 12.2 Å². The van der Waals surface area contributed by atoms with Crippen LogP contribution in [0.5, 0.6) is 5.75 Å². The first-order chi connectivity index (χ1) is 10.4. The van der Waals surface area contributed by atoms with Gasteiger partial charge in [0.15, 0.2) is 11.6 Å². The van der Waals surface area contributed by atoms with Gasteiger partial charge in [-0.3, -0.25) is 4.90 Å². The predicted molar refractivity (Wildman–Crippen MR) is 77.2 cm³/mol. The van der Waals surface area contributed by atoms with Gasteiger partial charge in [0, 0.05) is 44.3 Å². The fourth-order valence-electron chi connectivity index (χ4n) is 3.09. The number of alkyl halides is 3. The van der Waals surface area contributed by atoms with E-state index in [0.717, 1.165) is 38.3 Å². The number of rotatable bonds is 1. The summed E-state index contributed by atoms with van der Waals surface area (Å²) < 4.78 is 44.0. The first kappa shape index (κ1) is 15.4. The Morgan fingerprint density at radius 2 is 2.09 bits per heavy atom. The third-order valence-corrected chi connectivity index (χ3v) is 4.39. The minimum absolute atomic E-state index is 0.238. The Balaban J connectivity index is 1.89. The number of hydrogen-bond acceptors (Lipinski definition) is 4. The molecule has 0 bridgehead atoms. The standard InChI is InChI=1S/C15H20F3N3O/c1-10(2)20-4-5-21-12(9-20)3-6-22-13-7-11(15(16,17)18)8-19-14(13)21/h7-8,10,12H,3-6,9H2,1-2H3. The zero-order valence-corrected chi connectivity index (χ0v) is 12.7. The van der Waals surface area contributed by atoms with Crippen molar-refractivity contribution < 1.29 is 17.9 Å². The molecule has 0 radical (unpaired) electrons. The summed E-state index contributed by atoms with van der Waals surface area (Å²) in [4.78, 5) is 8.55. The Morgan fingerprint density at radius 1 is 1.32 bits per heavy atom. The molecule has 0 aromatic carbocycles. The number of fused-ring (bicyclic) bond motifs is 3. The van der Waals surface area contributed by atoms with E-state index < -0.39 is 11.7 Å². The van der Waals surface area contributed by atoms with Crippen molar-refractivity contribution in [2.24, 2.45) is 0 Å². The number of nitrogens with zero attached hydrogens (tertiary/aromatic N) is 3. The van der Waals surface area contributed by atoms with Crippen molar-refractivity contribution in [3.8, 4) is 5.75 Å². The molecular weight excluding hydrogens is 295 g/mol. The van der Waals surface area contributed by atoms with Crippen LogP contribution in [-0.2, 0) is 6.18 Å². The summed E-state index contributed by atoms with van der Waals surface area (Å²) in [7, 11) is 0. The fourth-order valence-corrected chi connectivity index (χ4v) is 3.09. The summed E-state index contributed by atoms with van der Waals surface area (Å²) in [5, 5.41) is 0. The number of halogens is 3. The maximum Gasteiger partial charge on any atom is 0.418 e. The zero-order chi connectivity index (χ0) is 15.9. The van der Waals surface area contributed by atoms with Crippen LogP contribution in [0, 0.1) is 0 Å². The Hall–Kier alpha value is -1.50. The minimum atomic E-state index is -4.40. The van der Waals surface area contributed by atoms with Crippen LogP contribution in [-0.4, -0.2) is 48.2 Å². The van der Waals surface area contributed by atoms with Gasteiger partial charge in [0.25, 0.3) is 0 Å². The van der Waals surface area contributed by atoms with Crippen LogP contribution in [0.1, 0.15) is 25.8 Å². The van der Waals surface area contributed by atoms with Crippen LogP contribution in [0.3, 0.4) is 0 Å². The van der Waals surface area contributed by atoms with Crippen molar-refractivity contribution in [3.05, 3.63) is 17.8 Å². The number of anilines is 1. The molecule has 1 fully saturated rings. The third kappa shape index (κ3) is 2.86. The van der Waals surface area contributed by atoms with E-state index in [4.69, 9.17) is 4.74 Å². The van der Waals surface area contributed by atoms with Crippen LogP contribution in [0.25, 0.3) is 0 Å². The monoisotopic (exact) mass is 315 g/mol. The van der Waals surface area contributed by atoms with Gasteiger partial charge in [-0.15, -0.1) is 0 Å². The highest BCUT2D eigenvalue weighted by atomic mass is 19.4. The van der Waals surface area contributed by atoms with Crippen LogP contribution in [0.15, 0.2) is 12.3 Å². The first-order valence-corrected chi connectivity index (χ1v) is 7.57. The van der Waals surface area contributed by atoms with Gasteiger partial charge in [-0.2, -0.15) is 13.2 Å². The van der Waals surface area contributed by atoms with Gasteiger partial charge in [-0.05, 0) is 19.9 Å². The van der Waals surface area contributed by atoms with Gasteiger partial charge >= 0.3 is 6.18 Å². The molecule has 4 nitrogen and oxygen atoms in total. The summed E-state index contributed by atoms with van der Waals surface area (Å²) in [6.07, 6.45) is -2.70. The van der Waals surface area contributed by atoms with Crippen molar-refractivity contribution in [1.29, 1.82) is 0 Å². The lowest BCUT2D eigenvalue weighted by Crippen LogP contribution is -2.55. The molecule has 3 rings (SSSR count). The highest BCUT2D eigenvalue weighted by molar-refractivity contribution is 5.55. The smallest absolute Gasteiger partial charge is 0.418 e. The summed E-state index contributed by atoms with van der Waals surface area (Å²) in [6.45, 7) is 7.27. The van der Waals surface area contributed by atoms with Gasteiger partial charge < -0.3 is 9.64 Å². The second kappa shape index (κ2) is 5.61. The highest BCUT2D eigenvalue weighted by Gasteiger charge is 2.36. The second-order valence-electron chi connectivity index (χ2n) is 6.12. The Bertz CT molecular complexity index is 547. The molecule has 122 valence electrons. The molecule has 1 aromatic rings. The summed E-state index contributed by atoms with van der Waals surface area (Å²) >= 11 is 0. The van der Waals surface area contributed by atoms with Crippen LogP contribution >= 0.6 is 0 Å². The number of pyridine rings is 1. The van der Waals surface area contributed by atoms with Gasteiger partial charge in [0.2, 0.25) is 0 Å². The van der Waals surface area contributed by atoms with E-state index in [1.807, 2.05) is 0 Å². The van der Waals surface area contributed by atoms with E-state index in [0.29, 0.717) is 18.5 Å². The molecule has 0 aliphatic carbocycles. The first-order valence-electron chi connectivity index (χ1n) is 7.57. The molecule has 22 heavy (non-hydrogen) atoms. The normalized spacial score (nSPS) is 22.8. The minimum Gasteiger partial charge on any atom is -0.490 e. The van der Waals surface area contributed by atoms with Crippen LogP contribution in [0.2, 0.25) is 0 Å². The van der Waals surface area contributed by atoms with Crippen LogP contribution < -0.4 is 9.64 Å². The third-order valence-electron chi connectivity index (χ3n) is 4.39. The second-order valence-corrected chi connectivity index (χ2v) is 6.12. The van der Waals surface area contributed by atoms with E-state index in [9.17, 15) is 13.2 Å². The summed E-state index contributed by atoms with van der Waals surface area (Å²) in [5.41, 5.74) is -0.759. The highest BCUT2D eigenvalue weighted by Crippen LogP contribution is 2.38. The van der Waals surface area contributed by atoms with E-state index in [1.165, 1.54) is 0 Å². The van der Waals surface area contributed by atoms with E-state index >= 15 is 0 Å². The SMILES string of the molecule is CC(C)N1CCN2c3ncc(C(F)(F)F)cc3OCCC2C1. The lowest BCUT2D eigenvalue weighted by Gasteiger charge is -2.42. The lowest BCUT2D eigenvalue weighted by molar-refractivity contribution is -0.137. The number of piperazine rings is 1. The average Bonchev–Trinajstić information content (AvgIpc) is 2.64. The zero-order valence-electron chi connectivity index (χ0n) is 12.7. The van der Waals surface area contributed by atoms with E-state index in [-0.39, 0.29) is 11.8 Å². The van der Waals surface area contributed by atoms with Gasteiger partial charge in [-0.25, -0.2) is 4.98 Å². The summed E-state index contributed by atoms with van der Waals surface area (Å²) in [5.74, 6) is 0.786. The van der Waals surface area contributed by atoms with Crippen molar-refractivity contribution in [3.63, 3.8) is 0 Å². The predicted octanol–water partition coefficient (Wildman–Crippen LogP) is 2.78. The van der Waals surface area contributed by atoms with Gasteiger partial charge in [0.1, 0.15) is 0 Å². The maximum atomic E-state index is 12.8. The molecule has 1 unspecified atom stereocenters. The molecule has 7 heteroatoms. The Kier molecular flexibility index (Phi) is 3.92. The number of hydrogen-bond donors (Lipinski definition) is 0. The topological polar surface area (TPSA) is 28.6 Å². The molecule has 3 heterocycles. The molecule has 0 saturated carbocycles. The molecule has 1 atom stereocenters. The maximum absolute atomic E-state index is 12.8. The number of aromatic nitrogens is 1.